The van der Waals surface area contributed by atoms with Gasteiger partial charge in [-0.3, -0.25) is 4.79 Å². The van der Waals surface area contributed by atoms with Crippen molar-refractivity contribution in [3.05, 3.63) is 74.8 Å². The van der Waals surface area contributed by atoms with Gasteiger partial charge < -0.3 is 9.32 Å². The van der Waals surface area contributed by atoms with Crippen molar-refractivity contribution in [3.63, 3.8) is 0 Å². The van der Waals surface area contributed by atoms with Crippen LogP contribution >= 0.6 is 22.9 Å². The first kappa shape index (κ1) is 21.6. The van der Waals surface area contributed by atoms with Crippen LogP contribution < -0.4 is 0 Å². The fourth-order valence-corrected chi connectivity index (χ4v) is 4.79. The van der Waals surface area contributed by atoms with Crippen molar-refractivity contribution < 1.29 is 17.6 Å². The molecule has 0 bridgehead atoms. The van der Waals surface area contributed by atoms with E-state index in [-0.39, 0.29) is 27.9 Å². The van der Waals surface area contributed by atoms with Gasteiger partial charge in [-0.25, -0.2) is 12.7 Å². The van der Waals surface area contributed by atoms with E-state index >= 15 is 0 Å². The molecule has 0 saturated carbocycles. The first-order valence-electron chi connectivity index (χ1n) is 8.77. The Hall–Kier alpha value is -2.13. The molecule has 0 aliphatic carbocycles. The number of hydrogen-bond donors (Lipinski definition) is 0. The Labute approximate surface area is 179 Å². The second-order valence-electron chi connectivity index (χ2n) is 6.68. The number of rotatable bonds is 7. The number of carbonyl (C=O) groups is 1. The van der Waals surface area contributed by atoms with Crippen LogP contribution in [0.3, 0.4) is 0 Å². The monoisotopic (exact) mass is 452 g/mol. The lowest BCUT2D eigenvalue weighted by molar-refractivity contribution is 0.0719. The third-order valence-electron chi connectivity index (χ3n) is 4.30. The molecule has 2 aromatic heterocycles. The third-order valence-corrected chi connectivity index (χ3v) is 7.43. The molecule has 154 valence electrons. The first-order valence-corrected chi connectivity index (χ1v) is 11.4. The average Bonchev–Trinajstić information content (AvgIpc) is 3.32. The maximum Gasteiger partial charge on any atom is 0.256 e. The smallest absolute Gasteiger partial charge is 0.256 e. The predicted molar refractivity (Wildman–Crippen MR) is 114 cm³/mol. The summed E-state index contributed by atoms with van der Waals surface area (Å²) in [6, 6.07) is 11.7. The number of thiophene rings is 1. The average molecular weight is 453 g/mol. The molecule has 0 radical (unpaired) electrons. The molecule has 0 N–H and O–H groups in total. The van der Waals surface area contributed by atoms with Gasteiger partial charge in [0.15, 0.2) is 0 Å². The molecule has 3 rings (SSSR count). The topological polar surface area (TPSA) is 70.8 Å². The van der Waals surface area contributed by atoms with Gasteiger partial charge in [0.05, 0.1) is 34.8 Å². The summed E-state index contributed by atoms with van der Waals surface area (Å²) >= 11 is 7.87. The molecule has 9 heteroatoms. The number of carbonyl (C=O) groups excluding carboxylic acids is 1. The van der Waals surface area contributed by atoms with Crippen LogP contribution in [-0.4, -0.2) is 37.6 Å². The number of hydrogen-bond acceptors (Lipinski definition) is 5. The molecule has 0 saturated heterocycles. The van der Waals surface area contributed by atoms with Crippen molar-refractivity contribution in [1.82, 2.24) is 9.21 Å². The molecule has 29 heavy (non-hydrogen) atoms. The fourth-order valence-electron chi connectivity index (χ4n) is 2.76. The zero-order valence-corrected chi connectivity index (χ0v) is 18.6. The van der Waals surface area contributed by atoms with Gasteiger partial charge >= 0.3 is 0 Å². The van der Waals surface area contributed by atoms with Gasteiger partial charge in [-0.05, 0) is 49.4 Å². The largest absolute Gasteiger partial charge is 0.467 e. The summed E-state index contributed by atoms with van der Waals surface area (Å²) in [6.07, 6.45) is 1.55. The number of nitrogens with zero attached hydrogens (tertiary/aromatic N) is 2. The van der Waals surface area contributed by atoms with Gasteiger partial charge in [-0.2, -0.15) is 0 Å². The lowest BCUT2D eigenvalue weighted by Gasteiger charge is -2.22. The highest BCUT2D eigenvalue weighted by molar-refractivity contribution is 7.89. The van der Waals surface area contributed by atoms with E-state index in [0.717, 1.165) is 14.1 Å². The molecule has 1 amide bonds. The van der Waals surface area contributed by atoms with Crippen molar-refractivity contribution in [3.8, 4) is 0 Å². The van der Waals surface area contributed by atoms with Crippen molar-refractivity contribution >= 4 is 38.9 Å². The van der Waals surface area contributed by atoms with Crippen molar-refractivity contribution in [2.45, 2.75) is 24.9 Å². The van der Waals surface area contributed by atoms with Crippen LogP contribution in [0.4, 0.5) is 0 Å². The number of furan rings is 1. The Morgan fingerprint density at radius 1 is 1.14 bits per heavy atom. The third kappa shape index (κ3) is 4.90. The predicted octanol–water partition coefficient (Wildman–Crippen LogP) is 4.40. The molecule has 2 heterocycles. The van der Waals surface area contributed by atoms with E-state index in [2.05, 4.69) is 0 Å². The van der Waals surface area contributed by atoms with Crippen molar-refractivity contribution in [1.29, 1.82) is 0 Å². The van der Waals surface area contributed by atoms with E-state index in [4.69, 9.17) is 16.0 Å². The van der Waals surface area contributed by atoms with E-state index in [1.165, 1.54) is 32.3 Å². The van der Waals surface area contributed by atoms with Gasteiger partial charge in [-0.15, -0.1) is 11.3 Å². The van der Waals surface area contributed by atoms with E-state index < -0.39 is 10.0 Å². The van der Waals surface area contributed by atoms with Crippen LogP contribution in [-0.2, 0) is 23.1 Å². The Morgan fingerprint density at radius 2 is 1.90 bits per heavy atom. The molecule has 0 atom stereocenters. The van der Waals surface area contributed by atoms with E-state index in [0.29, 0.717) is 12.3 Å². The molecule has 1 aromatic carbocycles. The summed E-state index contributed by atoms with van der Waals surface area (Å²) in [6.45, 7) is 2.60. The first-order chi connectivity index (χ1) is 13.7. The molecule has 0 fully saturated rings. The second-order valence-corrected chi connectivity index (χ2v) is 10.6. The zero-order valence-electron chi connectivity index (χ0n) is 16.3. The van der Waals surface area contributed by atoms with Crippen LogP contribution in [0.2, 0.25) is 5.02 Å². The molecule has 0 spiro atoms. The Morgan fingerprint density at radius 3 is 2.48 bits per heavy atom. The second kappa shape index (κ2) is 8.71. The zero-order chi connectivity index (χ0) is 21.2. The maximum absolute atomic E-state index is 13.3. The minimum atomic E-state index is -3.69. The number of amides is 1. The summed E-state index contributed by atoms with van der Waals surface area (Å²) in [5.41, 5.74) is 0.134. The molecular weight excluding hydrogens is 432 g/mol. The highest BCUT2D eigenvalue weighted by Gasteiger charge is 2.24. The van der Waals surface area contributed by atoms with Crippen molar-refractivity contribution in [2.75, 3.05) is 14.1 Å². The summed E-state index contributed by atoms with van der Waals surface area (Å²) in [5.74, 6) is 0.257. The minimum absolute atomic E-state index is 0.0140. The summed E-state index contributed by atoms with van der Waals surface area (Å²) in [4.78, 5) is 17.1. The van der Waals surface area contributed by atoms with Crippen LogP contribution in [0.1, 0.15) is 25.9 Å². The highest BCUT2D eigenvalue weighted by Crippen LogP contribution is 2.26. The maximum atomic E-state index is 13.3. The van der Waals surface area contributed by atoms with Gasteiger partial charge in [-0.1, -0.05) is 11.6 Å². The number of aryl methyl sites for hydroxylation is 1. The summed E-state index contributed by atoms with van der Waals surface area (Å²) < 4.78 is 31.5. The minimum Gasteiger partial charge on any atom is -0.467 e. The lowest BCUT2D eigenvalue weighted by Crippen LogP contribution is -2.30. The summed E-state index contributed by atoms with van der Waals surface area (Å²) in [5, 5.41) is 0.194. The van der Waals surface area contributed by atoms with Crippen molar-refractivity contribution in [2.24, 2.45) is 0 Å². The van der Waals surface area contributed by atoms with Crippen LogP contribution in [0, 0.1) is 6.92 Å². The van der Waals surface area contributed by atoms with Crippen LogP contribution in [0.5, 0.6) is 0 Å². The molecular formula is C20H21ClN2O4S2. The van der Waals surface area contributed by atoms with Crippen LogP contribution in [0.15, 0.2) is 58.0 Å². The summed E-state index contributed by atoms with van der Waals surface area (Å²) in [7, 11) is -0.817. The number of benzene rings is 1. The van der Waals surface area contributed by atoms with Gasteiger partial charge in [0.2, 0.25) is 10.0 Å². The van der Waals surface area contributed by atoms with E-state index in [1.54, 1.807) is 34.6 Å². The Balaban J connectivity index is 1.98. The standard InChI is InChI=1S/C20H21ClN2O4S2/c1-14-6-7-16(28-14)13-23(12-15-5-4-10-27-15)20(24)18-11-17(8-9-19(18)21)29(25,26)22(2)3/h4-11H,12-13H2,1-3H3. The highest BCUT2D eigenvalue weighted by atomic mass is 35.5. The normalized spacial score (nSPS) is 11.8. The quantitative estimate of drug-likeness (QED) is 0.532. The number of sulfonamides is 1. The molecule has 0 unspecified atom stereocenters. The van der Waals surface area contributed by atoms with Gasteiger partial charge in [0, 0.05) is 23.8 Å². The Kier molecular flexibility index (Phi) is 6.48. The molecule has 0 aliphatic heterocycles. The van der Waals surface area contributed by atoms with E-state index in [9.17, 15) is 13.2 Å². The SMILES string of the molecule is Cc1ccc(CN(Cc2ccco2)C(=O)c2cc(S(=O)(=O)N(C)C)ccc2Cl)s1. The fraction of sp³-hybridized carbons (Fsp3) is 0.250. The van der Waals surface area contributed by atoms with E-state index in [1.807, 2.05) is 19.1 Å². The molecule has 3 aromatic rings. The van der Waals surface area contributed by atoms with Gasteiger partial charge in [0.1, 0.15) is 5.76 Å². The van der Waals surface area contributed by atoms with Gasteiger partial charge in [0.25, 0.3) is 5.91 Å². The number of halogens is 1. The Bertz CT molecular complexity index is 1110. The molecule has 0 aliphatic rings. The lowest BCUT2D eigenvalue weighted by atomic mass is 10.2. The molecule has 6 nitrogen and oxygen atoms in total. The van der Waals surface area contributed by atoms with Crippen LogP contribution in [0.25, 0.3) is 0 Å².